The molecule has 5 heteroatoms. The van der Waals surface area contributed by atoms with Gasteiger partial charge in [-0.25, -0.2) is 0 Å². The molecular weight excluding hydrogens is 278 g/mol. The normalized spacial score (nSPS) is 30.4. The van der Waals surface area contributed by atoms with E-state index in [-0.39, 0.29) is 17.7 Å². The molecule has 4 atom stereocenters. The molecule has 0 aliphatic heterocycles. The van der Waals surface area contributed by atoms with Gasteiger partial charge < -0.3 is 10.4 Å². The fourth-order valence-electron chi connectivity index (χ4n) is 3.31. The maximum atomic E-state index is 12.4. The van der Waals surface area contributed by atoms with Crippen LogP contribution in [0.2, 0.25) is 5.02 Å². The molecule has 0 saturated heterocycles. The molecular formula is C15H14ClNO3. The first-order valence-electron chi connectivity index (χ1n) is 6.54. The number of carbonyl (C=O) groups excluding carboxylic acids is 1. The fraction of sp³-hybridized carbons (Fsp3) is 0.333. The van der Waals surface area contributed by atoms with Gasteiger partial charge in [-0.2, -0.15) is 0 Å². The number of halogens is 1. The second-order valence-electron chi connectivity index (χ2n) is 5.34. The minimum atomic E-state index is -0.895. The minimum Gasteiger partial charge on any atom is -0.481 e. The zero-order chi connectivity index (χ0) is 14.3. The van der Waals surface area contributed by atoms with Gasteiger partial charge in [0.15, 0.2) is 0 Å². The summed E-state index contributed by atoms with van der Waals surface area (Å²) in [7, 11) is 0. The van der Waals surface area contributed by atoms with Gasteiger partial charge in [-0.1, -0.05) is 29.8 Å². The number of benzene rings is 1. The van der Waals surface area contributed by atoms with Gasteiger partial charge in [0, 0.05) is 10.7 Å². The monoisotopic (exact) mass is 291 g/mol. The van der Waals surface area contributed by atoms with Crippen LogP contribution in [-0.2, 0) is 9.59 Å². The summed E-state index contributed by atoms with van der Waals surface area (Å²) >= 11 is 5.87. The lowest BCUT2D eigenvalue weighted by Gasteiger charge is -2.23. The lowest BCUT2D eigenvalue weighted by Crippen LogP contribution is -2.36. The second-order valence-corrected chi connectivity index (χ2v) is 5.77. The number of anilines is 1. The quantitative estimate of drug-likeness (QED) is 0.842. The van der Waals surface area contributed by atoms with Crippen LogP contribution in [-0.4, -0.2) is 17.0 Å². The minimum absolute atomic E-state index is 0.0207. The Morgan fingerprint density at radius 2 is 1.90 bits per heavy atom. The van der Waals surface area contributed by atoms with Crippen LogP contribution >= 0.6 is 11.6 Å². The van der Waals surface area contributed by atoms with Crippen molar-refractivity contribution in [2.45, 2.75) is 6.42 Å². The number of carbonyl (C=O) groups is 2. The number of rotatable bonds is 3. The third-order valence-electron chi connectivity index (χ3n) is 4.14. The Balaban J connectivity index is 1.80. The zero-order valence-corrected chi connectivity index (χ0v) is 11.4. The molecule has 104 valence electrons. The Kier molecular flexibility index (Phi) is 3.26. The number of carboxylic acids is 1. The van der Waals surface area contributed by atoms with Crippen LogP contribution in [0.4, 0.5) is 5.69 Å². The maximum absolute atomic E-state index is 12.4. The van der Waals surface area contributed by atoms with Gasteiger partial charge in [0.2, 0.25) is 5.91 Å². The number of allylic oxidation sites excluding steroid dienone is 2. The van der Waals surface area contributed by atoms with Crippen LogP contribution in [0.5, 0.6) is 0 Å². The summed E-state index contributed by atoms with van der Waals surface area (Å²) in [6.45, 7) is 0. The van der Waals surface area contributed by atoms with E-state index in [0.717, 1.165) is 6.42 Å². The summed E-state index contributed by atoms with van der Waals surface area (Å²) in [5.74, 6) is -2.25. The van der Waals surface area contributed by atoms with Crippen LogP contribution in [0.25, 0.3) is 0 Å². The number of hydrogen-bond acceptors (Lipinski definition) is 2. The molecule has 4 nitrogen and oxygen atoms in total. The van der Waals surface area contributed by atoms with Gasteiger partial charge in [-0.05, 0) is 36.5 Å². The molecule has 1 amide bonds. The molecule has 2 bridgehead atoms. The Labute approximate surface area is 121 Å². The van der Waals surface area contributed by atoms with Gasteiger partial charge in [0.25, 0.3) is 0 Å². The van der Waals surface area contributed by atoms with Crippen molar-refractivity contribution in [1.82, 2.24) is 0 Å². The first-order chi connectivity index (χ1) is 9.56. The van der Waals surface area contributed by atoms with Crippen LogP contribution in [0.1, 0.15) is 6.42 Å². The molecule has 20 heavy (non-hydrogen) atoms. The SMILES string of the molecule is O=C(O)[C@H]1[C@H](C(=O)Nc2cccc(Cl)c2)[C@H]2C=C[C@@H]1C2. The second kappa shape index (κ2) is 4.94. The van der Waals surface area contributed by atoms with Crippen molar-refractivity contribution in [2.24, 2.45) is 23.7 Å². The van der Waals surface area contributed by atoms with E-state index in [0.29, 0.717) is 10.7 Å². The highest BCUT2D eigenvalue weighted by Crippen LogP contribution is 2.48. The number of nitrogens with one attached hydrogen (secondary N) is 1. The van der Waals surface area contributed by atoms with E-state index in [1.807, 2.05) is 12.2 Å². The molecule has 3 rings (SSSR count). The average molecular weight is 292 g/mol. The van der Waals surface area contributed by atoms with Crippen molar-refractivity contribution < 1.29 is 14.7 Å². The molecule has 1 aromatic rings. The summed E-state index contributed by atoms with van der Waals surface area (Å²) in [5, 5.41) is 12.6. The molecule has 1 saturated carbocycles. The van der Waals surface area contributed by atoms with Crippen molar-refractivity contribution in [3.05, 3.63) is 41.4 Å². The first-order valence-corrected chi connectivity index (χ1v) is 6.91. The third kappa shape index (κ3) is 2.20. The molecule has 1 fully saturated rings. The summed E-state index contributed by atoms with van der Waals surface area (Å²) in [4.78, 5) is 23.8. The highest BCUT2D eigenvalue weighted by molar-refractivity contribution is 6.30. The van der Waals surface area contributed by atoms with E-state index in [9.17, 15) is 14.7 Å². The van der Waals surface area contributed by atoms with Crippen LogP contribution in [0.15, 0.2) is 36.4 Å². The standard InChI is InChI=1S/C15H14ClNO3/c16-10-2-1-3-11(7-10)17-14(18)12-8-4-5-9(6-8)13(12)15(19)20/h1-5,7-9,12-13H,6H2,(H,17,18)(H,19,20)/t8-,9+,12+,13+/m0/s1. The molecule has 2 N–H and O–H groups in total. The Hall–Kier alpha value is -1.81. The Morgan fingerprint density at radius 3 is 2.55 bits per heavy atom. The summed E-state index contributed by atoms with van der Waals surface area (Å²) in [6, 6.07) is 6.85. The van der Waals surface area contributed by atoms with Crippen molar-refractivity contribution in [1.29, 1.82) is 0 Å². The van der Waals surface area contributed by atoms with E-state index in [2.05, 4.69) is 5.32 Å². The summed E-state index contributed by atoms with van der Waals surface area (Å²) in [5.41, 5.74) is 0.596. The largest absolute Gasteiger partial charge is 0.481 e. The van der Waals surface area contributed by atoms with E-state index in [1.54, 1.807) is 24.3 Å². The maximum Gasteiger partial charge on any atom is 0.307 e. The molecule has 1 aromatic carbocycles. The van der Waals surface area contributed by atoms with Gasteiger partial charge in [0.05, 0.1) is 11.8 Å². The molecule has 0 radical (unpaired) electrons. The van der Waals surface area contributed by atoms with Gasteiger partial charge >= 0.3 is 5.97 Å². The number of amides is 1. The van der Waals surface area contributed by atoms with Crippen molar-refractivity contribution in [2.75, 3.05) is 5.32 Å². The van der Waals surface area contributed by atoms with E-state index in [1.165, 1.54) is 0 Å². The summed E-state index contributed by atoms with van der Waals surface area (Å²) < 4.78 is 0. The number of carboxylic acid groups (broad SMARTS) is 1. The average Bonchev–Trinajstić information content (AvgIpc) is 2.98. The van der Waals surface area contributed by atoms with Gasteiger partial charge in [-0.15, -0.1) is 0 Å². The first kappa shape index (κ1) is 13.2. The van der Waals surface area contributed by atoms with Crippen LogP contribution in [0, 0.1) is 23.7 Å². The number of hydrogen-bond donors (Lipinski definition) is 2. The topological polar surface area (TPSA) is 66.4 Å². The number of aliphatic carboxylic acids is 1. The molecule has 2 aliphatic carbocycles. The molecule has 0 spiro atoms. The van der Waals surface area contributed by atoms with Crippen molar-refractivity contribution in [3.63, 3.8) is 0 Å². The number of fused-ring (bicyclic) bond motifs is 2. The molecule has 0 unspecified atom stereocenters. The molecule has 0 heterocycles. The van der Waals surface area contributed by atoms with Gasteiger partial charge in [0.1, 0.15) is 0 Å². The van der Waals surface area contributed by atoms with Crippen LogP contribution in [0.3, 0.4) is 0 Å². The van der Waals surface area contributed by atoms with E-state index in [4.69, 9.17) is 11.6 Å². The highest BCUT2D eigenvalue weighted by Gasteiger charge is 2.51. The lowest BCUT2D eigenvalue weighted by molar-refractivity contribution is -0.146. The van der Waals surface area contributed by atoms with Crippen molar-refractivity contribution >= 4 is 29.2 Å². The van der Waals surface area contributed by atoms with Gasteiger partial charge in [-0.3, -0.25) is 9.59 Å². The smallest absolute Gasteiger partial charge is 0.307 e. The zero-order valence-electron chi connectivity index (χ0n) is 10.6. The van der Waals surface area contributed by atoms with E-state index < -0.39 is 17.8 Å². The fourth-order valence-corrected chi connectivity index (χ4v) is 3.50. The molecule has 0 aromatic heterocycles. The third-order valence-corrected chi connectivity index (χ3v) is 4.37. The predicted octanol–water partition coefficient (Wildman–Crippen LogP) is 2.80. The summed E-state index contributed by atoms with van der Waals surface area (Å²) in [6.07, 6.45) is 4.64. The van der Waals surface area contributed by atoms with E-state index >= 15 is 0 Å². The Morgan fingerprint density at radius 1 is 1.20 bits per heavy atom. The molecule has 2 aliphatic rings. The van der Waals surface area contributed by atoms with Crippen LogP contribution < -0.4 is 5.32 Å². The predicted molar refractivity (Wildman–Crippen MR) is 75.4 cm³/mol. The highest BCUT2D eigenvalue weighted by atomic mass is 35.5. The van der Waals surface area contributed by atoms with Crippen molar-refractivity contribution in [3.8, 4) is 0 Å². The lowest BCUT2D eigenvalue weighted by atomic mass is 9.82. The Bertz CT molecular complexity index is 599.